The third kappa shape index (κ3) is 6.39. The Balaban J connectivity index is 2.14. The van der Waals surface area contributed by atoms with E-state index in [9.17, 15) is 0 Å². The van der Waals surface area contributed by atoms with E-state index in [0.29, 0.717) is 6.61 Å². The van der Waals surface area contributed by atoms with Crippen LogP contribution < -0.4 is 5.32 Å². The lowest BCUT2D eigenvalue weighted by Gasteiger charge is -2.05. The summed E-state index contributed by atoms with van der Waals surface area (Å²) in [6, 6.07) is 4.14. The molecule has 0 aliphatic heterocycles. The molecule has 0 radical (unpaired) electrons. The van der Waals surface area contributed by atoms with Crippen LogP contribution in [0.4, 0.5) is 0 Å². The molecule has 0 aliphatic rings. The number of rotatable bonds is 9. The third-order valence-corrected chi connectivity index (χ3v) is 2.66. The molecule has 0 bridgehead atoms. The van der Waals surface area contributed by atoms with E-state index in [1.165, 1.54) is 24.8 Å². The standard InChI is InChI=1S/C14H24N2O/c1-3-4-5-6-9-17-12-14-8-7-13(10-15-2)11-16-14/h7-8,11,15H,3-6,9-10,12H2,1-2H3. The molecule has 17 heavy (non-hydrogen) atoms. The minimum absolute atomic E-state index is 0.631. The lowest BCUT2D eigenvalue weighted by molar-refractivity contribution is 0.114. The highest BCUT2D eigenvalue weighted by molar-refractivity contribution is 5.13. The lowest BCUT2D eigenvalue weighted by atomic mass is 10.2. The number of unbranched alkanes of at least 4 members (excludes halogenated alkanes) is 3. The number of hydrogen-bond donors (Lipinski definition) is 1. The molecular weight excluding hydrogens is 212 g/mol. The molecule has 0 aliphatic carbocycles. The van der Waals surface area contributed by atoms with Crippen LogP contribution in [-0.4, -0.2) is 18.6 Å². The molecule has 0 spiro atoms. The zero-order chi connectivity index (χ0) is 12.3. The summed E-state index contributed by atoms with van der Waals surface area (Å²) in [6.45, 7) is 4.56. The van der Waals surface area contributed by atoms with Crippen LogP contribution in [0.5, 0.6) is 0 Å². The molecule has 0 aromatic carbocycles. The second-order valence-electron chi connectivity index (χ2n) is 4.30. The summed E-state index contributed by atoms with van der Waals surface area (Å²) in [5.41, 5.74) is 2.22. The molecule has 96 valence electrons. The quantitative estimate of drug-likeness (QED) is 0.669. The Labute approximate surface area is 105 Å². The van der Waals surface area contributed by atoms with Crippen molar-refractivity contribution in [2.45, 2.75) is 45.8 Å². The Morgan fingerprint density at radius 3 is 2.76 bits per heavy atom. The monoisotopic (exact) mass is 236 g/mol. The normalized spacial score (nSPS) is 10.7. The maximum Gasteiger partial charge on any atom is 0.0887 e. The lowest BCUT2D eigenvalue weighted by Crippen LogP contribution is -2.06. The van der Waals surface area contributed by atoms with Gasteiger partial charge in [-0.1, -0.05) is 32.3 Å². The molecule has 0 saturated carbocycles. The van der Waals surface area contributed by atoms with Crippen LogP contribution in [-0.2, 0) is 17.9 Å². The van der Waals surface area contributed by atoms with Gasteiger partial charge in [-0.2, -0.15) is 0 Å². The van der Waals surface area contributed by atoms with Gasteiger partial charge in [-0.25, -0.2) is 0 Å². The number of hydrogen-bond acceptors (Lipinski definition) is 3. The van der Waals surface area contributed by atoms with Crippen LogP contribution in [0.25, 0.3) is 0 Å². The van der Waals surface area contributed by atoms with E-state index >= 15 is 0 Å². The maximum atomic E-state index is 5.59. The Morgan fingerprint density at radius 2 is 2.12 bits per heavy atom. The number of aromatic nitrogens is 1. The molecule has 0 saturated heterocycles. The largest absolute Gasteiger partial charge is 0.375 e. The van der Waals surface area contributed by atoms with Gasteiger partial charge in [-0.15, -0.1) is 0 Å². The number of nitrogens with zero attached hydrogens (tertiary/aromatic N) is 1. The average Bonchev–Trinajstić information content (AvgIpc) is 2.36. The van der Waals surface area contributed by atoms with Gasteiger partial charge in [0.25, 0.3) is 0 Å². The van der Waals surface area contributed by atoms with Gasteiger partial charge in [0.1, 0.15) is 0 Å². The minimum Gasteiger partial charge on any atom is -0.375 e. The zero-order valence-electron chi connectivity index (χ0n) is 11.0. The highest BCUT2D eigenvalue weighted by Crippen LogP contribution is 2.03. The van der Waals surface area contributed by atoms with Gasteiger partial charge in [0.05, 0.1) is 12.3 Å². The topological polar surface area (TPSA) is 34.1 Å². The smallest absolute Gasteiger partial charge is 0.0887 e. The predicted molar refractivity (Wildman–Crippen MR) is 70.8 cm³/mol. The van der Waals surface area contributed by atoms with Crippen molar-refractivity contribution in [1.29, 1.82) is 0 Å². The fourth-order valence-electron chi connectivity index (χ4n) is 1.66. The summed E-state index contributed by atoms with van der Waals surface area (Å²) in [6.07, 6.45) is 6.91. The maximum absolute atomic E-state index is 5.59. The first-order valence-electron chi connectivity index (χ1n) is 6.53. The molecule has 3 heteroatoms. The summed E-state index contributed by atoms with van der Waals surface area (Å²) in [4.78, 5) is 4.37. The number of nitrogens with one attached hydrogen (secondary N) is 1. The summed E-state index contributed by atoms with van der Waals surface area (Å²) >= 11 is 0. The second kappa shape index (κ2) is 9.14. The molecule has 1 aromatic heterocycles. The first-order valence-corrected chi connectivity index (χ1v) is 6.53. The van der Waals surface area contributed by atoms with Crippen LogP contribution in [0.1, 0.15) is 43.9 Å². The number of ether oxygens (including phenoxy) is 1. The first-order chi connectivity index (χ1) is 8.36. The van der Waals surface area contributed by atoms with Crippen LogP contribution in [0.2, 0.25) is 0 Å². The molecule has 1 heterocycles. The van der Waals surface area contributed by atoms with Crippen molar-refractivity contribution in [1.82, 2.24) is 10.3 Å². The van der Waals surface area contributed by atoms with Crippen molar-refractivity contribution in [3.63, 3.8) is 0 Å². The van der Waals surface area contributed by atoms with E-state index in [2.05, 4.69) is 23.3 Å². The van der Waals surface area contributed by atoms with E-state index in [1.54, 1.807) is 0 Å². The van der Waals surface area contributed by atoms with Gasteiger partial charge in [0, 0.05) is 19.3 Å². The average molecular weight is 236 g/mol. The van der Waals surface area contributed by atoms with Crippen molar-refractivity contribution >= 4 is 0 Å². The minimum atomic E-state index is 0.631. The fourth-order valence-corrected chi connectivity index (χ4v) is 1.66. The van der Waals surface area contributed by atoms with Crippen molar-refractivity contribution < 1.29 is 4.74 Å². The zero-order valence-corrected chi connectivity index (χ0v) is 11.0. The van der Waals surface area contributed by atoms with Gasteiger partial charge >= 0.3 is 0 Å². The Hall–Kier alpha value is -0.930. The SMILES string of the molecule is CCCCCCOCc1ccc(CNC)cn1. The van der Waals surface area contributed by atoms with Crippen molar-refractivity contribution in [2.24, 2.45) is 0 Å². The Bertz CT molecular complexity index is 285. The molecule has 1 N–H and O–H groups in total. The van der Waals surface area contributed by atoms with Gasteiger partial charge in [-0.05, 0) is 25.1 Å². The van der Waals surface area contributed by atoms with Crippen LogP contribution in [0.3, 0.4) is 0 Å². The Morgan fingerprint density at radius 1 is 1.24 bits per heavy atom. The van der Waals surface area contributed by atoms with Gasteiger partial charge in [0.2, 0.25) is 0 Å². The molecule has 1 aromatic rings. The van der Waals surface area contributed by atoms with Gasteiger partial charge < -0.3 is 10.1 Å². The summed E-state index contributed by atoms with van der Waals surface area (Å²) in [7, 11) is 1.94. The molecule has 0 amide bonds. The van der Waals surface area contributed by atoms with E-state index in [4.69, 9.17) is 4.74 Å². The highest BCUT2D eigenvalue weighted by Gasteiger charge is 1.96. The number of pyridine rings is 1. The molecule has 0 atom stereocenters. The fraction of sp³-hybridized carbons (Fsp3) is 0.643. The summed E-state index contributed by atoms with van der Waals surface area (Å²) in [5.74, 6) is 0. The van der Waals surface area contributed by atoms with E-state index in [-0.39, 0.29) is 0 Å². The Kier molecular flexibility index (Phi) is 7.60. The molecule has 1 rings (SSSR count). The molecule has 0 unspecified atom stereocenters. The van der Waals surface area contributed by atoms with E-state index in [1.807, 2.05) is 19.3 Å². The predicted octanol–water partition coefficient (Wildman–Crippen LogP) is 2.90. The van der Waals surface area contributed by atoms with Crippen LogP contribution >= 0.6 is 0 Å². The summed E-state index contributed by atoms with van der Waals surface area (Å²) in [5, 5.41) is 3.10. The van der Waals surface area contributed by atoms with Crippen LogP contribution in [0, 0.1) is 0 Å². The van der Waals surface area contributed by atoms with Crippen molar-refractivity contribution in [3.05, 3.63) is 29.6 Å². The van der Waals surface area contributed by atoms with E-state index < -0.39 is 0 Å². The molecular formula is C14H24N2O. The summed E-state index contributed by atoms with van der Waals surface area (Å²) < 4.78 is 5.59. The van der Waals surface area contributed by atoms with Crippen molar-refractivity contribution in [3.8, 4) is 0 Å². The van der Waals surface area contributed by atoms with Crippen LogP contribution in [0.15, 0.2) is 18.3 Å². The first kappa shape index (κ1) is 14.1. The van der Waals surface area contributed by atoms with Gasteiger partial charge in [-0.3, -0.25) is 4.98 Å². The van der Waals surface area contributed by atoms with Crippen molar-refractivity contribution in [2.75, 3.05) is 13.7 Å². The molecule has 0 fully saturated rings. The third-order valence-electron chi connectivity index (χ3n) is 2.66. The molecule has 3 nitrogen and oxygen atoms in total. The van der Waals surface area contributed by atoms with E-state index in [0.717, 1.165) is 25.3 Å². The second-order valence-corrected chi connectivity index (χ2v) is 4.30. The highest BCUT2D eigenvalue weighted by atomic mass is 16.5. The van der Waals surface area contributed by atoms with Gasteiger partial charge in [0.15, 0.2) is 0 Å².